The van der Waals surface area contributed by atoms with Crippen LogP contribution in [0.15, 0.2) is 51.8 Å². The van der Waals surface area contributed by atoms with Gasteiger partial charge in [-0.3, -0.25) is 4.79 Å². The van der Waals surface area contributed by atoms with E-state index in [4.69, 9.17) is 0 Å². The molecule has 0 saturated carbocycles. The van der Waals surface area contributed by atoms with Crippen molar-refractivity contribution in [2.45, 2.75) is 11.3 Å². The Morgan fingerprint density at radius 2 is 2.07 bits per heavy atom. The summed E-state index contributed by atoms with van der Waals surface area (Å²) >= 11 is 1.24. The van der Waals surface area contributed by atoms with E-state index in [0.717, 1.165) is 10.6 Å². The number of benzene rings is 2. The number of anilines is 1. The van der Waals surface area contributed by atoms with Gasteiger partial charge in [0.2, 0.25) is 0 Å². The van der Waals surface area contributed by atoms with E-state index in [1.54, 1.807) is 36.4 Å². The van der Waals surface area contributed by atoms with Crippen molar-refractivity contribution in [2.75, 3.05) is 23.7 Å². The standard InChI is InChI=1S/C18H16FN3O3S2/c19-14-4-2-1-3-12(14)7-8-20-17(23)13-5-6-15-16(11-13)26-18-21-27(24,25)10-9-22(15)18/h1-6,11H,7-10H2,(H,20,23). The maximum Gasteiger partial charge on any atom is 0.257 e. The average Bonchev–Trinajstić information content (AvgIpc) is 2.98. The highest BCUT2D eigenvalue weighted by Crippen LogP contribution is 2.42. The molecule has 6 nitrogen and oxygen atoms in total. The fourth-order valence-electron chi connectivity index (χ4n) is 2.99. The van der Waals surface area contributed by atoms with Crippen molar-refractivity contribution in [3.05, 3.63) is 59.4 Å². The zero-order valence-corrected chi connectivity index (χ0v) is 15.8. The van der Waals surface area contributed by atoms with Crippen molar-refractivity contribution in [3.8, 4) is 0 Å². The number of carbonyl (C=O) groups excluding carboxylic acids is 1. The largest absolute Gasteiger partial charge is 0.352 e. The van der Waals surface area contributed by atoms with Crippen LogP contribution in [0, 0.1) is 5.82 Å². The van der Waals surface area contributed by atoms with Gasteiger partial charge >= 0.3 is 0 Å². The third-order valence-electron chi connectivity index (χ3n) is 4.37. The molecular formula is C18H16FN3O3S2. The minimum Gasteiger partial charge on any atom is -0.352 e. The fourth-order valence-corrected chi connectivity index (χ4v) is 5.28. The summed E-state index contributed by atoms with van der Waals surface area (Å²) in [4.78, 5) is 15.0. The Morgan fingerprint density at radius 1 is 1.26 bits per heavy atom. The van der Waals surface area contributed by atoms with Gasteiger partial charge in [0, 0.05) is 23.5 Å². The molecule has 27 heavy (non-hydrogen) atoms. The van der Waals surface area contributed by atoms with Gasteiger partial charge in [0.15, 0.2) is 5.17 Å². The SMILES string of the molecule is O=C(NCCc1ccccc1F)c1ccc2c(c1)SC1=NS(=O)(=O)CCN12. The van der Waals surface area contributed by atoms with Crippen LogP contribution in [0.4, 0.5) is 10.1 Å². The number of thioether (sulfide) groups is 1. The van der Waals surface area contributed by atoms with E-state index in [1.807, 2.05) is 4.90 Å². The molecule has 2 heterocycles. The van der Waals surface area contributed by atoms with Gasteiger partial charge in [0.25, 0.3) is 15.9 Å². The molecule has 4 rings (SSSR count). The van der Waals surface area contributed by atoms with E-state index >= 15 is 0 Å². The zero-order valence-electron chi connectivity index (χ0n) is 14.2. The lowest BCUT2D eigenvalue weighted by Crippen LogP contribution is -2.35. The van der Waals surface area contributed by atoms with E-state index in [9.17, 15) is 17.6 Å². The van der Waals surface area contributed by atoms with Crippen molar-refractivity contribution < 1.29 is 17.6 Å². The number of nitrogens with one attached hydrogen (secondary N) is 1. The summed E-state index contributed by atoms with van der Waals surface area (Å²) in [7, 11) is -3.41. The van der Waals surface area contributed by atoms with E-state index in [0.29, 0.717) is 35.8 Å². The topological polar surface area (TPSA) is 78.8 Å². The summed E-state index contributed by atoms with van der Waals surface area (Å²) in [5.74, 6) is -0.559. The summed E-state index contributed by atoms with van der Waals surface area (Å²) in [6.07, 6.45) is 0.403. The summed E-state index contributed by atoms with van der Waals surface area (Å²) < 4.78 is 40.7. The van der Waals surface area contributed by atoms with Gasteiger partial charge in [0.05, 0.1) is 11.4 Å². The molecule has 0 aliphatic carbocycles. The molecule has 0 radical (unpaired) electrons. The Balaban J connectivity index is 1.44. The highest BCUT2D eigenvalue weighted by atomic mass is 32.2. The van der Waals surface area contributed by atoms with Crippen molar-refractivity contribution >= 4 is 38.5 Å². The van der Waals surface area contributed by atoms with Gasteiger partial charge in [-0.1, -0.05) is 18.2 Å². The minimum absolute atomic E-state index is 0.0191. The Labute approximate surface area is 160 Å². The Bertz CT molecular complexity index is 1050. The molecule has 0 spiro atoms. The van der Waals surface area contributed by atoms with Crippen LogP contribution in [0.1, 0.15) is 15.9 Å². The van der Waals surface area contributed by atoms with E-state index < -0.39 is 10.0 Å². The number of nitrogens with zero attached hydrogens (tertiary/aromatic N) is 2. The highest BCUT2D eigenvalue weighted by Gasteiger charge is 2.33. The van der Waals surface area contributed by atoms with Crippen molar-refractivity contribution in [2.24, 2.45) is 4.40 Å². The van der Waals surface area contributed by atoms with Gasteiger partial charge in [-0.2, -0.15) is 0 Å². The molecular weight excluding hydrogens is 389 g/mol. The second kappa shape index (κ2) is 6.97. The van der Waals surface area contributed by atoms with E-state index in [-0.39, 0.29) is 17.5 Å². The van der Waals surface area contributed by atoms with Gasteiger partial charge in [-0.15, -0.1) is 4.40 Å². The number of rotatable bonds is 4. The number of sulfonamides is 1. The van der Waals surface area contributed by atoms with Gasteiger partial charge in [-0.25, -0.2) is 12.8 Å². The normalized spacial score (nSPS) is 17.1. The molecule has 1 N–H and O–H groups in total. The number of carbonyl (C=O) groups is 1. The molecule has 0 unspecified atom stereocenters. The maximum absolute atomic E-state index is 13.6. The number of amides is 1. The van der Waals surface area contributed by atoms with Crippen LogP contribution < -0.4 is 10.2 Å². The minimum atomic E-state index is -3.41. The van der Waals surface area contributed by atoms with Crippen LogP contribution in [-0.2, 0) is 16.4 Å². The quantitative estimate of drug-likeness (QED) is 0.845. The molecule has 2 aliphatic heterocycles. The summed E-state index contributed by atoms with van der Waals surface area (Å²) in [5, 5.41) is 3.21. The Kier molecular flexibility index (Phi) is 4.65. The lowest BCUT2D eigenvalue weighted by Gasteiger charge is -2.22. The molecule has 0 fully saturated rings. The van der Waals surface area contributed by atoms with Crippen molar-refractivity contribution in [3.63, 3.8) is 0 Å². The second-order valence-corrected chi connectivity index (χ2v) is 8.96. The molecule has 0 aromatic heterocycles. The smallest absolute Gasteiger partial charge is 0.257 e. The first-order valence-electron chi connectivity index (χ1n) is 8.37. The lowest BCUT2D eigenvalue weighted by atomic mass is 10.1. The van der Waals surface area contributed by atoms with Crippen LogP contribution in [0.5, 0.6) is 0 Å². The van der Waals surface area contributed by atoms with Gasteiger partial charge in [-0.05, 0) is 48.0 Å². The average molecular weight is 405 g/mol. The van der Waals surface area contributed by atoms with Crippen LogP contribution in [0.2, 0.25) is 0 Å². The zero-order chi connectivity index (χ0) is 19.0. The maximum atomic E-state index is 13.6. The number of hydrogen-bond acceptors (Lipinski definition) is 5. The van der Waals surface area contributed by atoms with Gasteiger partial charge in [0.1, 0.15) is 5.82 Å². The third kappa shape index (κ3) is 3.70. The molecule has 0 saturated heterocycles. The third-order valence-corrected chi connectivity index (χ3v) is 6.68. The summed E-state index contributed by atoms with van der Waals surface area (Å²) in [5.41, 5.74) is 1.88. The van der Waals surface area contributed by atoms with Crippen molar-refractivity contribution in [1.29, 1.82) is 0 Å². The first-order chi connectivity index (χ1) is 12.9. The summed E-state index contributed by atoms with van der Waals surface area (Å²) in [6.45, 7) is 0.677. The number of hydrogen-bond donors (Lipinski definition) is 1. The molecule has 0 atom stereocenters. The monoisotopic (exact) mass is 405 g/mol. The number of fused-ring (bicyclic) bond motifs is 3. The molecule has 2 aromatic rings. The summed E-state index contributed by atoms with van der Waals surface area (Å²) in [6, 6.07) is 11.7. The molecule has 0 bridgehead atoms. The Morgan fingerprint density at radius 3 is 2.89 bits per heavy atom. The molecule has 140 valence electrons. The van der Waals surface area contributed by atoms with E-state index in [1.165, 1.54) is 17.8 Å². The van der Waals surface area contributed by atoms with Crippen LogP contribution in [-0.4, -0.2) is 38.3 Å². The predicted octanol–water partition coefficient (Wildman–Crippen LogP) is 2.41. The van der Waals surface area contributed by atoms with Crippen LogP contribution in [0.3, 0.4) is 0 Å². The molecule has 9 heteroatoms. The first kappa shape index (κ1) is 18.0. The Hall–Kier alpha value is -2.39. The van der Waals surface area contributed by atoms with Crippen LogP contribution >= 0.6 is 11.8 Å². The predicted molar refractivity (Wildman–Crippen MR) is 103 cm³/mol. The van der Waals surface area contributed by atoms with E-state index in [2.05, 4.69) is 9.71 Å². The molecule has 2 aromatic carbocycles. The second-order valence-electron chi connectivity index (χ2n) is 6.19. The number of halogens is 1. The lowest BCUT2D eigenvalue weighted by molar-refractivity contribution is 0.0954. The molecule has 1 amide bonds. The highest BCUT2D eigenvalue weighted by molar-refractivity contribution is 8.15. The molecule has 2 aliphatic rings. The van der Waals surface area contributed by atoms with Gasteiger partial charge < -0.3 is 10.2 Å². The number of amidine groups is 1. The van der Waals surface area contributed by atoms with Crippen molar-refractivity contribution in [1.82, 2.24) is 5.32 Å². The van der Waals surface area contributed by atoms with Crippen LogP contribution in [0.25, 0.3) is 0 Å². The first-order valence-corrected chi connectivity index (χ1v) is 10.8. The fraction of sp³-hybridized carbons (Fsp3) is 0.222.